The summed E-state index contributed by atoms with van der Waals surface area (Å²) in [5.74, 6) is -0.358. The lowest BCUT2D eigenvalue weighted by Crippen LogP contribution is -2.08. The molecule has 1 aromatic rings. The van der Waals surface area contributed by atoms with E-state index in [0.29, 0.717) is 6.61 Å². The third kappa shape index (κ3) is 3.16. The van der Waals surface area contributed by atoms with Gasteiger partial charge in [0.15, 0.2) is 0 Å². The van der Waals surface area contributed by atoms with Crippen LogP contribution in [0.1, 0.15) is 24.3 Å². The van der Waals surface area contributed by atoms with Gasteiger partial charge in [-0.2, -0.15) is 0 Å². The number of hydrogen-bond acceptors (Lipinski definition) is 4. The fraction of sp³-hybridized carbons (Fsp3) is 0.444. The number of aliphatic hydroxyl groups is 1. The average molecular weight is 200 g/mol. The van der Waals surface area contributed by atoms with Crippen LogP contribution in [0.2, 0.25) is 0 Å². The molecule has 1 rings (SSSR count). The topological polar surface area (TPSA) is 46.5 Å². The third-order valence-corrected chi connectivity index (χ3v) is 2.51. The standard InChI is InChI=1S/C9H12O3S/c1-2-12-9(11)6-7(10)8-4-3-5-13-8/h3-5,7,10H,2,6H2,1H3. The van der Waals surface area contributed by atoms with E-state index < -0.39 is 6.10 Å². The van der Waals surface area contributed by atoms with E-state index >= 15 is 0 Å². The average Bonchev–Trinajstić information content (AvgIpc) is 2.55. The summed E-state index contributed by atoms with van der Waals surface area (Å²) in [6, 6.07) is 3.64. The van der Waals surface area contributed by atoms with E-state index in [1.807, 2.05) is 11.4 Å². The Morgan fingerprint density at radius 3 is 3.08 bits per heavy atom. The highest BCUT2D eigenvalue weighted by Crippen LogP contribution is 2.21. The van der Waals surface area contributed by atoms with E-state index in [1.165, 1.54) is 11.3 Å². The van der Waals surface area contributed by atoms with Crippen LogP contribution in [0.25, 0.3) is 0 Å². The van der Waals surface area contributed by atoms with Crippen LogP contribution in [0.15, 0.2) is 17.5 Å². The highest BCUT2D eigenvalue weighted by atomic mass is 32.1. The Morgan fingerprint density at radius 2 is 2.54 bits per heavy atom. The highest BCUT2D eigenvalue weighted by Gasteiger charge is 2.13. The van der Waals surface area contributed by atoms with Crippen molar-refractivity contribution < 1.29 is 14.6 Å². The van der Waals surface area contributed by atoms with Crippen molar-refractivity contribution in [2.24, 2.45) is 0 Å². The zero-order chi connectivity index (χ0) is 9.68. The number of ether oxygens (including phenoxy) is 1. The molecular formula is C9H12O3S. The van der Waals surface area contributed by atoms with Gasteiger partial charge in [-0.15, -0.1) is 11.3 Å². The van der Waals surface area contributed by atoms with E-state index in [1.54, 1.807) is 13.0 Å². The van der Waals surface area contributed by atoms with Crippen molar-refractivity contribution in [3.05, 3.63) is 22.4 Å². The number of carbonyl (C=O) groups is 1. The fourth-order valence-electron chi connectivity index (χ4n) is 0.959. The van der Waals surface area contributed by atoms with Crippen LogP contribution < -0.4 is 0 Å². The zero-order valence-electron chi connectivity index (χ0n) is 7.40. The summed E-state index contributed by atoms with van der Waals surface area (Å²) in [5.41, 5.74) is 0. The molecular weight excluding hydrogens is 188 g/mol. The van der Waals surface area contributed by atoms with Crippen molar-refractivity contribution in [1.82, 2.24) is 0 Å². The monoisotopic (exact) mass is 200 g/mol. The fourth-order valence-corrected chi connectivity index (χ4v) is 1.67. The Hall–Kier alpha value is -0.870. The van der Waals surface area contributed by atoms with Crippen LogP contribution in [-0.4, -0.2) is 17.7 Å². The van der Waals surface area contributed by atoms with Crippen molar-refractivity contribution >= 4 is 17.3 Å². The lowest BCUT2D eigenvalue weighted by atomic mass is 10.2. The van der Waals surface area contributed by atoms with Crippen LogP contribution >= 0.6 is 11.3 Å². The molecule has 1 aromatic heterocycles. The van der Waals surface area contributed by atoms with Gasteiger partial charge >= 0.3 is 5.97 Å². The molecule has 0 aliphatic rings. The van der Waals surface area contributed by atoms with Crippen LogP contribution in [-0.2, 0) is 9.53 Å². The minimum absolute atomic E-state index is 0.0361. The molecule has 0 fully saturated rings. The second-order valence-corrected chi connectivity index (χ2v) is 3.52. The Labute approximate surface area is 81.0 Å². The summed E-state index contributed by atoms with van der Waals surface area (Å²) in [6.45, 7) is 2.10. The number of aliphatic hydroxyl groups excluding tert-OH is 1. The van der Waals surface area contributed by atoms with Gasteiger partial charge < -0.3 is 9.84 Å². The maximum atomic E-state index is 11.0. The molecule has 0 aliphatic carbocycles. The first-order valence-electron chi connectivity index (χ1n) is 4.11. The number of rotatable bonds is 4. The molecule has 0 spiro atoms. The molecule has 0 amide bonds. The predicted octanol–water partition coefficient (Wildman–Crippen LogP) is 1.73. The molecule has 1 atom stereocenters. The van der Waals surface area contributed by atoms with Gasteiger partial charge in [-0.25, -0.2) is 0 Å². The first-order valence-corrected chi connectivity index (χ1v) is 4.99. The molecule has 3 nitrogen and oxygen atoms in total. The molecule has 0 aliphatic heterocycles. The molecule has 1 unspecified atom stereocenters. The smallest absolute Gasteiger partial charge is 0.308 e. The summed E-state index contributed by atoms with van der Waals surface area (Å²) in [7, 11) is 0. The predicted molar refractivity (Wildman–Crippen MR) is 50.5 cm³/mol. The molecule has 0 bridgehead atoms. The van der Waals surface area contributed by atoms with Gasteiger partial charge in [0.2, 0.25) is 0 Å². The second kappa shape index (κ2) is 4.99. The lowest BCUT2D eigenvalue weighted by molar-refractivity contribution is -0.145. The van der Waals surface area contributed by atoms with E-state index in [9.17, 15) is 9.90 Å². The molecule has 0 saturated carbocycles. The molecule has 13 heavy (non-hydrogen) atoms. The van der Waals surface area contributed by atoms with Crippen LogP contribution in [0.4, 0.5) is 0 Å². The van der Waals surface area contributed by atoms with Gasteiger partial charge in [-0.3, -0.25) is 4.79 Å². The quantitative estimate of drug-likeness (QED) is 0.753. The number of hydrogen-bond donors (Lipinski definition) is 1. The molecule has 1 heterocycles. The molecule has 0 saturated heterocycles. The Kier molecular flexibility index (Phi) is 3.92. The van der Waals surface area contributed by atoms with Gasteiger partial charge in [0.05, 0.1) is 19.1 Å². The summed E-state index contributed by atoms with van der Waals surface area (Å²) in [6.07, 6.45) is -0.687. The minimum atomic E-state index is -0.723. The van der Waals surface area contributed by atoms with Gasteiger partial charge in [0, 0.05) is 4.88 Å². The highest BCUT2D eigenvalue weighted by molar-refractivity contribution is 7.10. The van der Waals surface area contributed by atoms with E-state index in [4.69, 9.17) is 4.74 Å². The largest absolute Gasteiger partial charge is 0.466 e. The van der Waals surface area contributed by atoms with Crippen molar-refractivity contribution in [3.63, 3.8) is 0 Å². The molecule has 0 radical (unpaired) electrons. The summed E-state index contributed by atoms with van der Waals surface area (Å²) in [4.78, 5) is 11.8. The van der Waals surface area contributed by atoms with Crippen molar-refractivity contribution in [2.75, 3.05) is 6.61 Å². The Morgan fingerprint density at radius 1 is 1.77 bits per heavy atom. The number of thiophene rings is 1. The summed E-state index contributed by atoms with van der Waals surface area (Å²) < 4.78 is 4.72. The normalized spacial score (nSPS) is 12.5. The SMILES string of the molecule is CCOC(=O)CC(O)c1cccs1. The molecule has 72 valence electrons. The maximum Gasteiger partial charge on any atom is 0.308 e. The summed E-state index contributed by atoms with van der Waals surface area (Å²) in [5, 5.41) is 11.4. The van der Waals surface area contributed by atoms with Crippen LogP contribution in [0.5, 0.6) is 0 Å². The second-order valence-electron chi connectivity index (χ2n) is 2.54. The van der Waals surface area contributed by atoms with Gasteiger partial charge in [-0.05, 0) is 18.4 Å². The molecule has 1 N–H and O–H groups in total. The molecule has 0 aromatic carbocycles. The van der Waals surface area contributed by atoms with Crippen molar-refractivity contribution in [1.29, 1.82) is 0 Å². The summed E-state index contributed by atoms with van der Waals surface area (Å²) >= 11 is 1.43. The third-order valence-electron chi connectivity index (χ3n) is 1.54. The Balaban J connectivity index is 2.42. The zero-order valence-corrected chi connectivity index (χ0v) is 8.21. The molecule has 4 heteroatoms. The van der Waals surface area contributed by atoms with Gasteiger partial charge in [0.25, 0.3) is 0 Å². The van der Waals surface area contributed by atoms with Crippen LogP contribution in [0, 0.1) is 0 Å². The lowest BCUT2D eigenvalue weighted by Gasteiger charge is -2.06. The maximum absolute atomic E-state index is 11.0. The minimum Gasteiger partial charge on any atom is -0.466 e. The van der Waals surface area contributed by atoms with E-state index in [-0.39, 0.29) is 12.4 Å². The number of esters is 1. The van der Waals surface area contributed by atoms with E-state index in [2.05, 4.69) is 0 Å². The van der Waals surface area contributed by atoms with E-state index in [0.717, 1.165) is 4.88 Å². The first kappa shape index (κ1) is 10.2. The van der Waals surface area contributed by atoms with Gasteiger partial charge in [-0.1, -0.05) is 6.07 Å². The Bertz CT molecular complexity index is 256. The first-order chi connectivity index (χ1) is 6.24. The van der Waals surface area contributed by atoms with Crippen molar-refractivity contribution in [3.8, 4) is 0 Å². The number of carbonyl (C=O) groups excluding carboxylic acids is 1. The van der Waals surface area contributed by atoms with Crippen LogP contribution in [0.3, 0.4) is 0 Å². The van der Waals surface area contributed by atoms with Crippen molar-refractivity contribution in [2.45, 2.75) is 19.4 Å². The van der Waals surface area contributed by atoms with Gasteiger partial charge in [0.1, 0.15) is 0 Å².